The average Bonchev–Trinajstić information content (AvgIpc) is 2.59. The molecule has 2 N–H and O–H groups in total. The molecule has 1 atom stereocenters. The first-order valence-corrected chi connectivity index (χ1v) is 7.96. The van der Waals surface area contributed by atoms with Crippen LogP contribution >= 0.6 is 0 Å². The van der Waals surface area contributed by atoms with Gasteiger partial charge in [-0.1, -0.05) is 19.1 Å². The number of hydrogen-bond donors (Lipinski definition) is 2. The van der Waals surface area contributed by atoms with Crippen LogP contribution in [-0.2, 0) is 16.0 Å². The molecule has 2 rings (SSSR count). The van der Waals surface area contributed by atoms with Crippen molar-refractivity contribution in [1.82, 2.24) is 15.8 Å². The van der Waals surface area contributed by atoms with Gasteiger partial charge in [-0.2, -0.15) is 0 Å². The number of likely N-dealkylation sites (tertiary alicyclic amines) is 1. The number of nitrogens with one attached hydrogen (secondary N) is 2. The Morgan fingerprint density at radius 2 is 1.87 bits per heavy atom. The molecule has 1 aromatic rings. The number of rotatable bonds is 3. The maximum Gasteiger partial charge on any atom is 0.269 e. The molecule has 1 saturated heterocycles. The minimum absolute atomic E-state index is 0.0254. The number of nitrogens with zero attached hydrogens (tertiary/aromatic N) is 1. The number of piperidine rings is 1. The zero-order valence-electron chi connectivity index (χ0n) is 13.6. The van der Waals surface area contributed by atoms with E-state index >= 15 is 0 Å². The molecule has 0 aliphatic carbocycles. The van der Waals surface area contributed by atoms with Crippen LogP contribution in [0.2, 0.25) is 0 Å². The van der Waals surface area contributed by atoms with E-state index in [-0.39, 0.29) is 23.6 Å². The predicted octanol–water partition coefficient (Wildman–Crippen LogP) is 1.27. The van der Waals surface area contributed by atoms with Gasteiger partial charge in [-0.05, 0) is 37.0 Å². The van der Waals surface area contributed by atoms with E-state index in [0.29, 0.717) is 18.7 Å². The lowest BCUT2D eigenvalue weighted by Gasteiger charge is -2.31. The summed E-state index contributed by atoms with van der Waals surface area (Å²) in [5.41, 5.74) is 6.54. The molecule has 0 saturated carbocycles. The molecular formula is C17H23N3O3. The van der Waals surface area contributed by atoms with Crippen molar-refractivity contribution in [3.63, 3.8) is 0 Å². The Balaban J connectivity index is 1.85. The van der Waals surface area contributed by atoms with Gasteiger partial charge in [-0.25, -0.2) is 0 Å². The van der Waals surface area contributed by atoms with Crippen LogP contribution in [0, 0.1) is 5.92 Å². The summed E-state index contributed by atoms with van der Waals surface area (Å²) >= 11 is 0. The van der Waals surface area contributed by atoms with Crippen LogP contribution in [0.15, 0.2) is 24.3 Å². The van der Waals surface area contributed by atoms with Crippen molar-refractivity contribution in [2.45, 2.75) is 33.1 Å². The van der Waals surface area contributed by atoms with Gasteiger partial charge < -0.3 is 4.90 Å². The highest BCUT2D eigenvalue weighted by atomic mass is 16.2. The van der Waals surface area contributed by atoms with Gasteiger partial charge in [0, 0.05) is 25.6 Å². The Bertz CT molecular complexity index is 583. The molecule has 0 aromatic heterocycles. The van der Waals surface area contributed by atoms with E-state index in [1.165, 1.54) is 6.92 Å². The fourth-order valence-corrected chi connectivity index (χ4v) is 2.66. The molecular weight excluding hydrogens is 294 g/mol. The number of carbonyl (C=O) groups excluding carboxylic acids is 3. The van der Waals surface area contributed by atoms with Gasteiger partial charge in [0.15, 0.2) is 0 Å². The standard InChI is InChI=1S/C17H23N3O3/c1-3-13-6-8-14(9-7-13)16(22)18-19-17(23)15-5-4-10-20(11-15)12(2)21/h6-9,15H,3-5,10-11H2,1-2H3,(H,18,22)(H,19,23)/t15-/m0/s1. The molecule has 124 valence electrons. The number of amides is 3. The quantitative estimate of drug-likeness (QED) is 0.824. The smallest absolute Gasteiger partial charge is 0.269 e. The summed E-state index contributed by atoms with van der Waals surface area (Å²) in [6.45, 7) is 4.64. The van der Waals surface area contributed by atoms with Crippen LogP contribution in [-0.4, -0.2) is 35.7 Å². The first-order chi connectivity index (χ1) is 11.0. The average molecular weight is 317 g/mol. The summed E-state index contributed by atoms with van der Waals surface area (Å²) in [4.78, 5) is 37.2. The van der Waals surface area contributed by atoms with Crippen molar-refractivity contribution in [3.8, 4) is 0 Å². The minimum atomic E-state index is -0.347. The summed E-state index contributed by atoms with van der Waals surface area (Å²) in [5.74, 6) is -0.910. The molecule has 1 aromatic carbocycles. The molecule has 0 unspecified atom stereocenters. The topological polar surface area (TPSA) is 78.5 Å². The molecule has 1 aliphatic heterocycles. The van der Waals surface area contributed by atoms with Gasteiger partial charge in [0.25, 0.3) is 5.91 Å². The van der Waals surface area contributed by atoms with Crippen molar-refractivity contribution in [3.05, 3.63) is 35.4 Å². The Labute approximate surface area is 136 Å². The third-order valence-electron chi connectivity index (χ3n) is 4.16. The molecule has 1 aliphatic rings. The largest absolute Gasteiger partial charge is 0.342 e. The monoisotopic (exact) mass is 317 g/mol. The second-order valence-corrected chi connectivity index (χ2v) is 5.80. The Morgan fingerprint density at radius 3 is 2.48 bits per heavy atom. The number of carbonyl (C=O) groups is 3. The Hall–Kier alpha value is -2.37. The van der Waals surface area contributed by atoms with E-state index in [9.17, 15) is 14.4 Å². The van der Waals surface area contributed by atoms with Gasteiger partial charge in [-0.15, -0.1) is 0 Å². The molecule has 1 fully saturated rings. The number of hydrazine groups is 1. The van der Waals surface area contributed by atoms with E-state index in [2.05, 4.69) is 10.9 Å². The highest BCUT2D eigenvalue weighted by Gasteiger charge is 2.27. The minimum Gasteiger partial charge on any atom is -0.342 e. The molecule has 1 heterocycles. The Morgan fingerprint density at radius 1 is 1.17 bits per heavy atom. The number of hydrogen-bond acceptors (Lipinski definition) is 3. The summed E-state index contributed by atoms with van der Waals surface area (Å²) in [7, 11) is 0. The zero-order chi connectivity index (χ0) is 16.8. The van der Waals surface area contributed by atoms with E-state index in [4.69, 9.17) is 0 Å². The molecule has 0 radical (unpaired) electrons. The lowest BCUT2D eigenvalue weighted by molar-refractivity contribution is -0.134. The SMILES string of the molecule is CCc1ccc(C(=O)NNC(=O)[C@H]2CCCN(C(C)=O)C2)cc1. The van der Waals surface area contributed by atoms with Crippen LogP contribution in [0.3, 0.4) is 0 Å². The first-order valence-electron chi connectivity index (χ1n) is 7.96. The predicted molar refractivity (Wildman–Crippen MR) is 86.4 cm³/mol. The van der Waals surface area contributed by atoms with Crippen LogP contribution in [0.25, 0.3) is 0 Å². The van der Waals surface area contributed by atoms with E-state index in [1.54, 1.807) is 17.0 Å². The van der Waals surface area contributed by atoms with Crippen LogP contribution < -0.4 is 10.9 Å². The van der Waals surface area contributed by atoms with Crippen molar-refractivity contribution in [2.75, 3.05) is 13.1 Å². The maximum atomic E-state index is 12.1. The maximum absolute atomic E-state index is 12.1. The fourth-order valence-electron chi connectivity index (χ4n) is 2.66. The van der Waals surface area contributed by atoms with Gasteiger partial charge in [0.05, 0.1) is 5.92 Å². The van der Waals surface area contributed by atoms with Crippen LogP contribution in [0.4, 0.5) is 0 Å². The third kappa shape index (κ3) is 4.55. The third-order valence-corrected chi connectivity index (χ3v) is 4.16. The van der Waals surface area contributed by atoms with Crippen molar-refractivity contribution >= 4 is 17.7 Å². The Kier molecular flexibility index (Phi) is 5.73. The normalized spacial score (nSPS) is 17.5. The lowest BCUT2D eigenvalue weighted by Crippen LogP contribution is -2.49. The number of benzene rings is 1. The van der Waals surface area contributed by atoms with Gasteiger partial charge in [0.1, 0.15) is 0 Å². The summed E-state index contributed by atoms with van der Waals surface area (Å²) in [6, 6.07) is 7.25. The first kappa shape index (κ1) is 17.0. The molecule has 6 heteroatoms. The highest BCUT2D eigenvalue weighted by Crippen LogP contribution is 2.16. The molecule has 23 heavy (non-hydrogen) atoms. The number of aryl methyl sites for hydroxylation is 1. The van der Waals surface area contributed by atoms with Crippen molar-refractivity contribution in [2.24, 2.45) is 5.92 Å². The van der Waals surface area contributed by atoms with E-state index < -0.39 is 0 Å². The van der Waals surface area contributed by atoms with Crippen molar-refractivity contribution < 1.29 is 14.4 Å². The highest BCUT2D eigenvalue weighted by molar-refractivity contribution is 5.95. The second-order valence-electron chi connectivity index (χ2n) is 5.80. The second kappa shape index (κ2) is 7.76. The van der Waals surface area contributed by atoms with Gasteiger partial charge in [-0.3, -0.25) is 25.2 Å². The molecule has 0 bridgehead atoms. The van der Waals surface area contributed by atoms with Gasteiger partial charge >= 0.3 is 0 Å². The summed E-state index contributed by atoms with van der Waals surface area (Å²) in [6.07, 6.45) is 2.42. The van der Waals surface area contributed by atoms with Gasteiger partial charge in [0.2, 0.25) is 11.8 Å². The molecule has 3 amide bonds. The van der Waals surface area contributed by atoms with E-state index in [0.717, 1.165) is 24.8 Å². The lowest BCUT2D eigenvalue weighted by atomic mass is 9.97. The molecule has 6 nitrogen and oxygen atoms in total. The zero-order valence-corrected chi connectivity index (χ0v) is 13.6. The fraction of sp³-hybridized carbons (Fsp3) is 0.471. The van der Waals surface area contributed by atoms with Crippen LogP contribution in [0.5, 0.6) is 0 Å². The summed E-state index contributed by atoms with van der Waals surface area (Å²) in [5, 5.41) is 0. The summed E-state index contributed by atoms with van der Waals surface area (Å²) < 4.78 is 0. The van der Waals surface area contributed by atoms with Crippen molar-refractivity contribution in [1.29, 1.82) is 0 Å². The molecule has 0 spiro atoms. The van der Waals surface area contributed by atoms with Crippen LogP contribution in [0.1, 0.15) is 42.6 Å². The van der Waals surface area contributed by atoms with E-state index in [1.807, 2.05) is 19.1 Å².